The summed E-state index contributed by atoms with van der Waals surface area (Å²) in [5, 5.41) is 2.86. The van der Waals surface area contributed by atoms with E-state index in [9.17, 15) is 13.2 Å². The highest BCUT2D eigenvalue weighted by Crippen LogP contribution is 2.21. The van der Waals surface area contributed by atoms with E-state index in [1.54, 1.807) is 40.8 Å². The third kappa shape index (κ3) is 6.21. The number of hydrogen-bond donors (Lipinski definition) is 1. The summed E-state index contributed by atoms with van der Waals surface area (Å²) in [6.07, 6.45) is 11.4. The number of pyridine rings is 1. The van der Waals surface area contributed by atoms with Crippen LogP contribution in [0.1, 0.15) is 49.7 Å². The maximum absolute atomic E-state index is 12.9. The van der Waals surface area contributed by atoms with Crippen molar-refractivity contribution in [1.29, 1.82) is 0 Å². The first-order chi connectivity index (χ1) is 16.0. The Kier molecular flexibility index (Phi) is 7.77. The average Bonchev–Trinajstić information content (AvgIpc) is 3.23. The third-order valence-corrected chi connectivity index (χ3v) is 8.13. The molecule has 0 saturated carbocycles. The summed E-state index contributed by atoms with van der Waals surface area (Å²) in [7, 11) is -3.46. The first kappa shape index (κ1) is 23.4. The topological polar surface area (TPSA) is 82.6 Å². The predicted octanol–water partition coefficient (Wildman–Crippen LogP) is 3.58. The largest absolute Gasteiger partial charge is 0.357 e. The minimum atomic E-state index is -3.46. The zero-order valence-corrected chi connectivity index (χ0v) is 19.8. The van der Waals surface area contributed by atoms with E-state index in [4.69, 9.17) is 0 Å². The zero-order chi connectivity index (χ0) is 23.1. The fourth-order valence-electron chi connectivity index (χ4n) is 4.26. The van der Waals surface area contributed by atoms with Gasteiger partial charge < -0.3 is 10.2 Å². The smallest absolute Gasteiger partial charge is 0.244 e. The predicted molar refractivity (Wildman–Crippen MR) is 130 cm³/mol. The highest BCUT2D eigenvalue weighted by molar-refractivity contribution is 7.89. The summed E-state index contributed by atoms with van der Waals surface area (Å²) in [5.74, 6) is 0.781. The number of aromatic nitrogens is 1. The van der Waals surface area contributed by atoms with E-state index in [2.05, 4.69) is 15.2 Å². The Morgan fingerprint density at radius 3 is 2.21 bits per heavy atom. The van der Waals surface area contributed by atoms with Gasteiger partial charge in [0.2, 0.25) is 15.9 Å². The van der Waals surface area contributed by atoms with Crippen LogP contribution in [0.2, 0.25) is 0 Å². The maximum Gasteiger partial charge on any atom is 0.244 e. The van der Waals surface area contributed by atoms with Crippen molar-refractivity contribution in [3.63, 3.8) is 0 Å². The Hall–Kier alpha value is -2.71. The summed E-state index contributed by atoms with van der Waals surface area (Å²) < 4.78 is 27.3. The molecule has 0 spiro atoms. The number of carbonyl (C=O) groups excluding carboxylic acids is 1. The molecule has 4 rings (SSSR count). The molecule has 0 radical (unpaired) electrons. The Labute approximate surface area is 196 Å². The summed E-state index contributed by atoms with van der Waals surface area (Å²) in [5.41, 5.74) is 1.72. The zero-order valence-electron chi connectivity index (χ0n) is 18.9. The number of rotatable bonds is 7. The van der Waals surface area contributed by atoms with Gasteiger partial charge in [-0.1, -0.05) is 31.0 Å². The molecule has 2 aliphatic rings. The van der Waals surface area contributed by atoms with Gasteiger partial charge in [-0.15, -0.1) is 0 Å². The molecule has 8 heteroatoms. The maximum atomic E-state index is 12.9. The molecule has 176 valence electrons. The second-order valence-electron chi connectivity index (χ2n) is 8.66. The normalized spacial score (nSPS) is 17.9. The van der Waals surface area contributed by atoms with Crippen LogP contribution in [-0.2, 0) is 21.4 Å². The van der Waals surface area contributed by atoms with Gasteiger partial charge in [0.1, 0.15) is 5.82 Å². The molecule has 0 bridgehead atoms. The van der Waals surface area contributed by atoms with Gasteiger partial charge in [0, 0.05) is 45.0 Å². The van der Waals surface area contributed by atoms with Crippen LogP contribution in [-0.4, -0.2) is 49.8 Å². The van der Waals surface area contributed by atoms with Crippen molar-refractivity contribution >= 4 is 27.8 Å². The van der Waals surface area contributed by atoms with E-state index in [1.165, 1.54) is 18.9 Å². The van der Waals surface area contributed by atoms with Crippen LogP contribution in [0.3, 0.4) is 0 Å². The number of nitrogens with zero attached hydrogens (tertiary/aromatic N) is 3. The van der Waals surface area contributed by atoms with Crippen LogP contribution in [0.4, 0.5) is 5.82 Å². The van der Waals surface area contributed by atoms with Crippen molar-refractivity contribution in [2.45, 2.75) is 50.0 Å². The van der Waals surface area contributed by atoms with Crippen LogP contribution in [0, 0.1) is 0 Å². The second kappa shape index (κ2) is 10.9. The number of hydrogen-bond acceptors (Lipinski definition) is 5. The van der Waals surface area contributed by atoms with E-state index in [0.29, 0.717) is 24.5 Å². The molecule has 2 aromatic rings. The Bertz CT molecular complexity index is 1050. The summed E-state index contributed by atoms with van der Waals surface area (Å²) >= 11 is 0. The van der Waals surface area contributed by atoms with E-state index in [1.807, 2.05) is 12.1 Å². The first-order valence-corrected chi connectivity index (χ1v) is 13.2. The van der Waals surface area contributed by atoms with Gasteiger partial charge >= 0.3 is 0 Å². The molecule has 2 saturated heterocycles. The van der Waals surface area contributed by atoms with Crippen molar-refractivity contribution < 1.29 is 13.2 Å². The first-order valence-electron chi connectivity index (χ1n) is 11.8. The van der Waals surface area contributed by atoms with E-state index in [0.717, 1.165) is 55.7 Å². The number of benzene rings is 1. The standard InChI is InChI=1S/C25H32N4O3S/c30-25(27-20-22-9-13-24(26-19-22)28-15-5-6-16-28)14-10-21-7-11-23(12-8-21)33(31,32)29-17-3-1-2-4-18-29/h7-14,19H,1-6,15-18,20H2,(H,27,30)/b14-10+. The number of sulfonamides is 1. The van der Waals surface area contributed by atoms with E-state index < -0.39 is 10.0 Å². The van der Waals surface area contributed by atoms with E-state index in [-0.39, 0.29) is 5.91 Å². The molecule has 1 aromatic carbocycles. The molecule has 0 unspecified atom stereocenters. The molecule has 1 amide bonds. The summed E-state index contributed by atoms with van der Waals surface area (Å²) in [4.78, 5) is 19.3. The van der Waals surface area contributed by atoms with Gasteiger partial charge in [0.05, 0.1) is 4.90 Å². The van der Waals surface area contributed by atoms with Crippen LogP contribution in [0.25, 0.3) is 6.08 Å². The van der Waals surface area contributed by atoms with Crippen molar-refractivity contribution in [2.24, 2.45) is 0 Å². The molecule has 2 fully saturated rings. The Morgan fingerprint density at radius 2 is 1.58 bits per heavy atom. The van der Waals surface area contributed by atoms with Gasteiger partial charge in [0.15, 0.2) is 0 Å². The van der Waals surface area contributed by atoms with Gasteiger partial charge in [-0.2, -0.15) is 4.31 Å². The Balaban J connectivity index is 1.29. The highest BCUT2D eigenvalue weighted by Gasteiger charge is 2.24. The lowest BCUT2D eigenvalue weighted by Gasteiger charge is -2.19. The van der Waals surface area contributed by atoms with E-state index >= 15 is 0 Å². The molecule has 33 heavy (non-hydrogen) atoms. The van der Waals surface area contributed by atoms with Gasteiger partial charge in [-0.3, -0.25) is 4.79 Å². The average molecular weight is 469 g/mol. The highest BCUT2D eigenvalue weighted by atomic mass is 32.2. The molecular formula is C25H32N4O3S. The van der Waals surface area contributed by atoms with Crippen molar-refractivity contribution in [2.75, 3.05) is 31.1 Å². The molecule has 0 atom stereocenters. The monoisotopic (exact) mass is 468 g/mol. The minimum Gasteiger partial charge on any atom is -0.357 e. The summed E-state index contributed by atoms with van der Waals surface area (Å²) in [6, 6.07) is 10.7. The van der Waals surface area contributed by atoms with Crippen LogP contribution >= 0.6 is 0 Å². The fourth-order valence-corrected chi connectivity index (χ4v) is 5.77. The minimum absolute atomic E-state index is 0.208. The van der Waals surface area contributed by atoms with Crippen LogP contribution in [0.15, 0.2) is 53.6 Å². The summed E-state index contributed by atoms with van der Waals surface area (Å²) in [6.45, 7) is 3.68. The fraction of sp³-hybridized carbons (Fsp3) is 0.440. The Morgan fingerprint density at radius 1 is 0.909 bits per heavy atom. The number of carbonyl (C=O) groups is 1. The SMILES string of the molecule is O=C(/C=C/c1ccc(S(=O)(=O)N2CCCCCC2)cc1)NCc1ccc(N2CCCC2)nc1. The third-order valence-electron chi connectivity index (χ3n) is 6.22. The molecule has 1 aromatic heterocycles. The van der Waals surface area contributed by atoms with Crippen molar-refractivity contribution in [3.05, 3.63) is 59.8 Å². The molecule has 7 nitrogen and oxygen atoms in total. The van der Waals surface area contributed by atoms with Crippen molar-refractivity contribution in [3.8, 4) is 0 Å². The lowest BCUT2D eigenvalue weighted by atomic mass is 10.2. The number of anilines is 1. The lowest BCUT2D eigenvalue weighted by molar-refractivity contribution is -0.116. The molecule has 3 heterocycles. The number of nitrogens with one attached hydrogen (secondary N) is 1. The molecule has 1 N–H and O–H groups in total. The van der Waals surface area contributed by atoms with Crippen LogP contribution < -0.4 is 10.2 Å². The van der Waals surface area contributed by atoms with Crippen molar-refractivity contribution in [1.82, 2.24) is 14.6 Å². The van der Waals surface area contributed by atoms with Gasteiger partial charge in [-0.25, -0.2) is 13.4 Å². The number of amides is 1. The molecular weight excluding hydrogens is 436 g/mol. The molecule has 0 aliphatic carbocycles. The van der Waals surface area contributed by atoms with Gasteiger partial charge in [0.25, 0.3) is 0 Å². The van der Waals surface area contributed by atoms with Gasteiger partial charge in [-0.05, 0) is 61.1 Å². The quantitative estimate of drug-likeness (QED) is 0.628. The second-order valence-corrected chi connectivity index (χ2v) is 10.6. The lowest BCUT2D eigenvalue weighted by Crippen LogP contribution is -2.31. The van der Waals surface area contributed by atoms with Crippen LogP contribution in [0.5, 0.6) is 0 Å². The molecule has 2 aliphatic heterocycles.